The molecule has 7 nitrogen and oxygen atoms in total. The molecule has 148 valence electrons. The molecule has 0 saturated heterocycles. The number of hydrogen-bond donors (Lipinski definition) is 2. The number of carbonyl (C=O) groups excluding carboxylic acids is 1. The number of thiophene rings is 1. The van der Waals surface area contributed by atoms with Crippen LogP contribution in [0.5, 0.6) is 5.75 Å². The fraction of sp³-hybridized carbons (Fsp3) is 0.389. The molecule has 1 unspecified atom stereocenters. The highest BCUT2D eigenvalue weighted by molar-refractivity contribution is 7.89. The topological polar surface area (TPSA) is 80.2 Å². The summed E-state index contributed by atoms with van der Waals surface area (Å²) in [5.74, 6) is 0.221. The molecule has 0 aliphatic heterocycles. The van der Waals surface area contributed by atoms with E-state index in [4.69, 9.17) is 4.74 Å². The molecular weight excluding hydrogens is 386 g/mol. The van der Waals surface area contributed by atoms with Crippen LogP contribution >= 0.6 is 11.3 Å². The van der Waals surface area contributed by atoms with Gasteiger partial charge in [-0.3, -0.25) is 4.79 Å². The molecule has 0 saturated carbocycles. The van der Waals surface area contributed by atoms with E-state index in [9.17, 15) is 13.2 Å². The summed E-state index contributed by atoms with van der Waals surface area (Å²) >= 11 is 1.67. The van der Waals surface area contributed by atoms with E-state index < -0.39 is 10.0 Å². The third-order valence-electron chi connectivity index (χ3n) is 4.14. The summed E-state index contributed by atoms with van der Waals surface area (Å²) in [6, 6.07) is 8.48. The number of rotatable bonds is 9. The van der Waals surface area contributed by atoms with E-state index >= 15 is 0 Å². The van der Waals surface area contributed by atoms with Gasteiger partial charge >= 0.3 is 0 Å². The maximum atomic E-state index is 12.5. The predicted octanol–water partition coefficient (Wildman–Crippen LogP) is 1.05. The molecule has 2 N–H and O–H groups in total. The summed E-state index contributed by atoms with van der Waals surface area (Å²) in [6.45, 7) is 3.88. The van der Waals surface area contributed by atoms with Crippen molar-refractivity contribution < 1.29 is 22.8 Å². The van der Waals surface area contributed by atoms with Crippen LogP contribution in [0.4, 0.5) is 5.69 Å². The van der Waals surface area contributed by atoms with E-state index in [0.717, 1.165) is 22.3 Å². The lowest BCUT2D eigenvalue weighted by atomic mass is 10.3. The SMILES string of the molecule is CC[NH+](CC(=O)Nc1cc(S(=O)(=O)N(C)C)ccc1OC)Cc1cccs1. The van der Waals surface area contributed by atoms with E-state index in [1.165, 1.54) is 38.2 Å². The molecule has 0 fully saturated rings. The highest BCUT2D eigenvalue weighted by Gasteiger charge is 2.21. The third-order valence-corrected chi connectivity index (χ3v) is 6.83. The van der Waals surface area contributed by atoms with Crippen molar-refractivity contribution in [1.29, 1.82) is 0 Å². The van der Waals surface area contributed by atoms with Crippen LogP contribution in [0.1, 0.15) is 11.8 Å². The second-order valence-corrected chi connectivity index (χ2v) is 9.42. The second-order valence-electron chi connectivity index (χ2n) is 6.23. The maximum Gasteiger partial charge on any atom is 0.279 e. The van der Waals surface area contributed by atoms with Crippen LogP contribution in [0, 0.1) is 0 Å². The Balaban J connectivity index is 2.15. The number of likely N-dealkylation sites (N-methyl/N-ethyl adjacent to an activating group) is 1. The monoisotopic (exact) mass is 412 g/mol. The number of ether oxygens (including phenoxy) is 1. The molecule has 0 bridgehead atoms. The van der Waals surface area contributed by atoms with E-state index in [2.05, 4.69) is 11.4 Å². The molecule has 27 heavy (non-hydrogen) atoms. The zero-order chi connectivity index (χ0) is 20.0. The fourth-order valence-electron chi connectivity index (χ4n) is 2.55. The number of anilines is 1. The average Bonchev–Trinajstić information content (AvgIpc) is 3.13. The van der Waals surface area contributed by atoms with Gasteiger partial charge in [0.05, 0.1) is 29.1 Å². The quantitative estimate of drug-likeness (QED) is 0.645. The van der Waals surface area contributed by atoms with Crippen molar-refractivity contribution in [3.05, 3.63) is 40.6 Å². The van der Waals surface area contributed by atoms with Gasteiger partial charge in [-0.1, -0.05) is 6.07 Å². The molecule has 2 aromatic rings. The van der Waals surface area contributed by atoms with E-state index in [1.54, 1.807) is 17.4 Å². The van der Waals surface area contributed by atoms with Gasteiger partial charge in [0, 0.05) is 14.1 Å². The number of quaternary nitrogens is 1. The van der Waals surface area contributed by atoms with Gasteiger partial charge in [-0.2, -0.15) is 0 Å². The van der Waals surface area contributed by atoms with E-state index in [-0.39, 0.29) is 17.3 Å². The second kappa shape index (κ2) is 9.32. The average molecular weight is 413 g/mol. The lowest BCUT2D eigenvalue weighted by molar-refractivity contribution is -0.903. The molecule has 1 heterocycles. The Morgan fingerprint density at radius 3 is 2.59 bits per heavy atom. The highest BCUT2D eigenvalue weighted by atomic mass is 32.2. The van der Waals surface area contributed by atoms with E-state index in [1.807, 2.05) is 18.4 Å². The molecule has 1 atom stereocenters. The van der Waals surface area contributed by atoms with Crippen LogP contribution in [0.3, 0.4) is 0 Å². The molecule has 1 amide bonds. The number of sulfonamides is 1. The Labute approximate surface area is 164 Å². The van der Waals surface area contributed by atoms with E-state index in [0.29, 0.717) is 11.4 Å². The van der Waals surface area contributed by atoms with Crippen molar-refractivity contribution in [3.63, 3.8) is 0 Å². The summed E-state index contributed by atoms with van der Waals surface area (Å²) in [4.78, 5) is 15.0. The molecule has 2 rings (SSSR count). The number of nitrogens with zero attached hydrogens (tertiary/aromatic N) is 1. The molecule has 0 aliphatic carbocycles. The number of carbonyl (C=O) groups is 1. The largest absolute Gasteiger partial charge is 0.495 e. The first-order chi connectivity index (χ1) is 12.8. The van der Waals surface area contributed by atoms with Crippen LogP contribution in [0.25, 0.3) is 0 Å². The minimum Gasteiger partial charge on any atom is -0.495 e. The number of methoxy groups -OCH3 is 1. The Morgan fingerprint density at radius 1 is 1.30 bits per heavy atom. The van der Waals surface area contributed by atoms with Gasteiger partial charge < -0.3 is 15.0 Å². The first-order valence-corrected chi connectivity index (χ1v) is 10.9. The van der Waals surface area contributed by atoms with Crippen molar-refractivity contribution in [2.75, 3.05) is 39.6 Å². The van der Waals surface area contributed by atoms with Gasteiger partial charge in [-0.15, -0.1) is 11.3 Å². The third kappa shape index (κ3) is 5.52. The predicted molar refractivity (Wildman–Crippen MR) is 107 cm³/mol. The zero-order valence-electron chi connectivity index (χ0n) is 16.0. The van der Waals surface area contributed by atoms with Crippen molar-refractivity contribution in [2.45, 2.75) is 18.4 Å². The summed E-state index contributed by atoms with van der Waals surface area (Å²) in [6.07, 6.45) is 0. The summed E-state index contributed by atoms with van der Waals surface area (Å²) < 4.78 is 31.1. The number of hydrogen-bond acceptors (Lipinski definition) is 5. The fourth-order valence-corrected chi connectivity index (χ4v) is 4.25. The lowest BCUT2D eigenvalue weighted by Gasteiger charge is -2.18. The minimum absolute atomic E-state index is 0.0990. The molecule has 0 spiro atoms. The molecular formula is C18H26N3O4S2+. The van der Waals surface area contributed by atoms with Crippen molar-refractivity contribution in [1.82, 2.24) is 4.31 Å². The first-order valence-electron chi connectivity index (χ1n) is 8.54. The van der Waals surface area contributed by atoms with Crippen molar-refractivity contribution >= 4 is 33.0 Å². The van der Waals surface area contributed by atoms with Gasteiger partial charge in [-0.05, 0) is 36.6 Å². The Bertz CT molecular complexity index is 865. The van der Waals surface area contributed by atoms with Gasteiger partial charge in [0.25, 0.3) is 5.91 Å². The number of benzene rings is 1. The molecule has 1 aromatic carbocycles. The number of nitrogens with one attached hydrogen (secondary N) is 2. The molecule has 9 heteroatoms. The summed E-state index contributed by atoms with van der Waals surface area (Å²) in [5.41, 5.74) is 0.344. The Hall–Kier alpha value is -1.94. The van der Waals surface area contributed by atoms with Gasteiger partial charge in [0.1, 0.15) is 12.3 Å². The van der Waals surface area contributed by atoms with Gasteiger partial charge in [0.15, 0.2) is 6.54 Å². The van der Waals surface area contributed by atoms with Crippen LogP contribution in [-0.2, 0) is 21.4 Å². The van der Waals surface area contributed by atoms with Gasteiger partial charge in [0.2, 0.25) is 10.0 Å². The Kier molecular flexibility index (Phi) is 7.37. The molecule has 0 radical (unpaired) electrons. The van der Waals surface area contributed by atoms with Crippen LogP contribution in [-0.4, -0.2) is 52.9 Å². The standard InChI is InChI=1S/C18H25N3O4S2/c1-5-21(12-14-7-6-10-26-14)13-18(22)19-16-11-15(8-9-17(16)25-4)27(23,24)20(2)3/h6-11H,5,12-13H2,1-4H3,(H,19,22)/p+1. The smallest absolute Gasteiger partial charge is 0.279 e. The van der Waals surface area contributed by atoms with Crippen molar-refractivity contribution in [2.24, 2.45) is 0 Å². The van der Waals surface area contributed by atoms with Crippen LogP contribution in [0.15, 0.2) is 40.6 Å². The highest BCUT2D eigenvalue weighted by Crippen LogP contribution is 2.28. The Morgan fingerprint density at radius 2 is 2.04 bits per heavy atom. The zero-order valence-corrected chi connectivity index (χ0v) is 17.6. The molecule has 1 aromatic heterocycles. The van der Waals surface area contributed by atoms with Crippen LogP contribution in [0.2, 0.25) is 0 Å². The molecule has 0 aliphatic rings. The first kappa shape index (κ1) is 21.4. The number of amides is 1. The van der Waals surface area contributed by atoms with Crippen molar-refractivity contribution in [3.8, 4) is 5.75 Å². The van der Waals surface area contributed by atoms with Crippen LogP contribution < -0.4 is 15.0 Å². The maximum absolute atomic E-state index is 12.5. The van der Waals surface area contributed by atoms with Gasteiger partial charge in [-0.25, -0.2) is 12.7 Å². The normalized spacial score (nSPS) is 12.8. The minimum atomic E-state index is -3.60. The summed E-state index contributed by atoms with van der Waals surface area (Å²) in [7, 11) is 0.805. The lowest BCUT2D eigenvalue weighted by Crippen LogP contribution is -3.11. The summed E-state index contributed by atoms with van der Waals surface area (Å²) in [5, 5.41) is 4.81.